The van der Waals surface area contributed by atoms with E-state index in [9.17, 15) is 8.42 Å². The van der Waals surface area contributed by atoms with Gasteiger partial charge in [0, 0.05) is 21.8 Å². The van der Waals surface area contributed by atoms with Crippen LogP contribution >= 0.6 is 39.3 Å². The van der Waals surface area contributed by atoms with Crippen LogP contribution in [0.2, 0.25) is 5.02 Å². The lowest BCUT2D eigenvalue weighted by Crippen LogP contribution is -2.30. The lowest BCUT2D eigenvalue weighted by molar-refractivity contribution is 0.434. The molecular formula is C15H13BrClNO2S2. The van der Waals surface area contributed by atoms with Gasteiger partial charge in [-0.1, -0.05) is 39.7 Å². The fraction of sp³-hybridized carbons (Fsp3) is 0.200. The van der Waals surface area contributed by atoms with E-state index in [0.717, 1.165) is 15.8 Å². The van der Waals surface area contributed by atoms with Crippen molar-refractivity contribution in [3.63, 3.8) is 0 Å². The van der Waals surface area contributed by atoms with Gasteiger partial charge < -0.3 is 0 Å². The Hall–Kier alpha value is -0.530. The van der Waals surface area contributed by atoms with Gasteiger partial charge in [0.25, 0.3) is 0 Å². The summed E-state index contributed by atoms with van der Waals surface area (Å²) in [6.07, 6.45) is 0. The molecule has 1 heterocycles. The van der Waals surface area contributed by atoms with Crippen LogP contribution in [0, 0.1) is 0 Å². The molecule has 7 heteroatoms. The van der Waals surface area contributed by atoms with Crippen LogP contribution in [0.1, 0.15) is 10.9 Å². The van der Waals surface area contributed by atoms with Crippen molar-refractivity contribution in [1.29, 1.82) is 0 Å². The van der Waals surface area contributed by atoms with E-state index in [4.69, 9.17) is 11.6 Å². The number of thioether (sulfide) groups is 1. The zero-order valence-corrected chi connectivity index (χ0v) is 15.4. The maximum absolute atomic E-state index is 12.9. The van der Waals surface area contributed by atoms with Gasteiger partial charge in [0.05, 0.1) is 10.3 Å². The third-order valence-electron chi connectivity index (χ3n) is 3.42. The van der Waals surface area contributed by atoms with Gasteiger partial charge in [0.15, 0.2) is 0 Å². The van der Waals surface area contributed by atoms with E-state index in [-0.39, 0.29) is 10.3 Å². The maximum Gasteiger partial charge on any atom is 0.244 e. The first-order valence-electron chi connectivity index (χ1n) is 6.63. The normalized spacial score (nSPS) is 19.5. The van der Waals surface area contributed by atoms with Crippen molar-refractivity contribution in [1.82, 2.24) is 4.31 Å². The molecule has 1 aliphatic rings. The topological polar surface area (TPSA) is 37.4 Å². The molecule has 1 unspecified atom stereocenters. The second-order valence-corrected chi connectivity index (χ2v) is 9.28. The summed E-state index contributed by atoms with van der Waals surface area (Å²) in [5.74, 6) is 0.785. The Labute approximate surface area is 147 Å². The van der Waals surface area contributed by atoms with Crippen LogP contribution in [-0.4, -0.2) is 25.0 Å². The Kier molecular flexibility index (Phi) is 4.85. The molecule has 1 aliphatic heterocycles. The van der Waals surface area contributed by atoms with Gasteiger partial charge in [0.1, 0.15) is 0 Å². The van der Waals surface area contributed by atoms with E-state index >= 15 is 0 Å². The van der Waals surface area contributed by atoms with Crippen molar-refractivity contribution in [2.24, 2.45) is 0 Å². The van der Waals surface area contributed by atoms with Crippen LogP contribution in [0.15, 0.2) is 57.9 Å². The lowest BCUT2D eigenvalue weighted by atomic mass is 10.2. The largest absolute Gasteiger partial charge is 0.244 e. The van der Waals surface area contributed by atoms with E-state index in [2.05, 4.69) is 15.9 Å². The Morgan fingerprint density at radius 2 is 1.73 bits per heavy atom. The zero-order valence-electron chi connectivity index (χ0n) is 11.4. The first-order chi connectivity index (χ1) is 10.5. The summed E-state index contributed by atoms with van der Waals surface area (Å²) in [5.41, 5.74) is 0.989. The molecule has 3 nitrogen and oxygen atoms in total. The molecule has 116 valence electrons. The Morgan fingerprint density at radius 1 is 1.09 bits per heavy atom. The van der Waals surface area contributed by atoms with Gasteiger partial charge in [0.2, 0.25) is 10.0 Å². The van der Waals surface area contributed by atoms with Crippen LogP contribution in [0.25, 0.3) is 0 Å². The number of nitrogens with zero attached hydrogens (tertiary/aromatic N) is 1. The molecule has 22 heavy (non-hydrogen) atoms. The molecule has 0 amide bonds. The molecule has 1 fully saturated rings. The molecule has 2 aromatic rings. The van der Waals surface area contributed by atoms with Crippen molar-refractivity contribution in [3.8, 4) is 0 Å². The summed E-state index contributed by atoms with van der Waals surface area (Å²) in [5, 5.41) is 0.341. The van der Waals surface area contributed by atoms with Crippen LogP contribution < -0.4 is 0 Å². The minimum atomic E-state index is -3.52. The van der Waals surface area contributed by atoms with Crippen LogP contribution in [0.4, 0.5) is 0 Å². The predicted molar refractivity (Wildman–Crippen MR) is 94.7 cm³/mol. The second-order valence-electron chi connectivity index (χ2n) is 4.84. The molecular weight excluding hydrogens is 406 g/mol. The summed E-state index contributed by atoms with van der Waals surface area (Å²) in [7, 11) is -3.52. The summed E-state index contributed by atoms with van der Waals surface area (Å²) >= 11 is 10.9. The Morgan fingerprint density at radius 3 is 2.36 bits per heavy atom. The average molecular weight is 419 g/mol. The maximum atomic E-state index is 12.9. The monoisotopic (exact) mass is 417 g/mol. The van der Waals surface area contributed by atoms with Gasteiger partial charge in [-0.05, 0) is 42.0 Å². The summed E-state index contributed by atoms with van der Waals surface area (Å²) in [4.78, 5) is 0.279. The SMILES string of the molecule is O=S(=O)(c1ccc(Cl)cc1)N1CCSC1c1ccc(Br)cc1. The minimum absolute atomic E-state index is 0.186. The van der Waals surface area contributed by atoms with Crippen molar-refractivity contribution in [3.05, 3.63) is 63.6 Å². The second kappa shape index (κ2) is 6.53. The molecule has 1 atom stereocenters. The van der Waals surface area contributed by atoms with E-state index in [1.807, 2.05) is 24.3 Å². The van der Waals surface area contributed by atoms with Crippen molar-refractivity contribution < 1.29 is 8.42 Å². The zero-order chi connectivity index (χ0) is 15.7. The molecule has 0 aliphatic carbocycles. The molecule has 0 bridgehead atoms. The third-order valence-corrected chi connectivity index (χ3v) is 7.48. The molecule has 0 saturated carbocycles. The number of rotatable bonds is 3. The first-order valence-corrected chi connectivity index (χ1v) is 10.3. The van der Waals surface area contributed by atoms with Crippen LogP contribution in [0.5, 0.6) is 0 Å². The van der Waals surface area contributed by atoms with Gasteiger partial charge in [-0.3, -0.25) is 0 Å². The molecule has 0 aromatic heterocycles. The smallest absolute Gasteiger partial charge is 0.207 e. The molecule has 3 rings (SSSR count). The number of sulfonamides is 1. The quantitative estimate of drug-likeness (QED) is 0.734. The highest BCUT2D eigenvalue weighted by Gasteiger charge is 2.36. The minimum Gasteiger partial charge on any atom is -0.207 e. The number of halogens is 2. The highest BCUT2D eigenvalue weighted by molar-refractivity contribution is 9.10. The van der Waals surface area contributed by atoms with Gasteiger partial charge >= 0.3 is 0 Å². The third kappa shape index (κ3) is 3.21. The summed E-state index contributed by atoms with van der Waals surface area (Å²) in [6.45, 7) is 0.510. The van der Waals surface area contributed by atoms with E-state index in [0.29, 0.717) is 11.6 Å². The van der Waals surface area contributed by atoms with E-state index in [1.165, 1.54) is 0 Å². The van der Waals surface area contributed by atoms with Crippen LogP contribution in [-0.2, 0) is 10.0 Å². The number of hydrogen-bond donors (Lipinski definition) is 0. The molecule has 0 radical (unpaired) electrons. The fourth-order valence-corrected chi connectivity index (χ4v) is 5.96. The molecule has 1 saturated heterocycles. The first kappa shape index (κ1) is 16.3. The van der Waals surface area contributed by atoms with E-state index in [1.54, 1.807) is 40.3 Å². The highest BCUT2D eigenvalue weighted by atomic mass is 79.9. The van der Waals surface area contributed by atoms with Crippen molar-refractivity contribution in [2.75, 3.05) is 12.3 Å². The standard InChI is InChI=1S/C15H13BrClNO2S2/c16-12-3-1-11(2-4-12)15-18(9-10-21-15)22(19,20)14-7-5-13(17)6-8-14/h1-8,15H,9-10H2. The van der Waals surface area contributed by atoms with Crippen molar-refractivity contribution in [2.45, 2.75) is 10.3 Å². The van der Waals surface area contributed by atoms with Crippen molar-refractivity contribution >= 4 is 49.3 Å². The van der Waals surface area contributed by atoms with E-state index < -0.39 is 10.0 Å². The van der Waals surface area contributed by atoms with Gasteiger partial charge in [-0.25, -0.2) is 8.42 Å². The van der Waals surface area contributed by atoms with Crippen LogP contribution in [0.3, 0.4) is 0 Å². The average Bonchev–Trinajstić information content (AvgIpc) is 2.99. The molecule has 0 spiro atoms. The van der Waals surface area contributed by atoms with Gasteiger partial charge in [-0.2, -0.15) is 4.31 Å². The highest BCUT2D eigenvalue weighted by Crippen LogP contribution is 2.41. The predicted octanol–water partition coefficient (Wildman–Crippen LogP) is 4.54. The fourth-order valence-electron chi connectivity index (χ4n) is 2.33. The molecule has 2 aromatic carbocycles. The molecule has 0 N–H and O–H groups in total. The Bertz CT molecular complexity index is 763. The lowest BCUT2D eigenvalue weighted by Gasteiger charge is -2.23. The van der Waals surface area contributed by atoms with Gasteiger partial charge in [-0.15, -0.1) is 11.8 Å². The number of benzene rings is 2. The Balaban J connectivity index is 1.95. The summed E-state index contributed by atoms with van der Waals surface area (Å²) in [6, 6.07) is 14.1. The number of hydrogen-bond acceptors (Lipinski definition) is 3. The summed E-state index contributed by atoms with van der Waals surface area (Å²) < 4.78 is 28.3.